The summed E-state index contributed by atoms with van der Waals surface area (Å²) in [5.41, 5.74) is 0. The Morgan fingerprint density at radius 2 is 0.600 bits per heavy atom. The maximum absolute atomic E-state index is 8.28. The third-order valence-corrected chi connectivity index (χ3v) is 3.62. The number of rotatable bonds is 0. The van der Waals surface area contributed by atoms with Crippen LogP contribution in [-0.4, -0.2) is 39.3 Å². The van der Waals surface area contributed by atoms with Crippen LogP contribution in [0.4, 0.5) is 0 Å². The van der Waals surface area contributed by atoms with Gasteiger partial charge in [0.05, 0.1) is 9.12 Å². The van der Waals surface area contributed by atoms with E-state index in [-0.39, 0.29) is 0 Å². The minimum atomic E-state index is 0.611. The molecule has 0 spiro atoms. The van der Waals surface area contributed by atoms with Crippen LogP contribution in [-0.2, 0) is 4.57 Å². The molecule has 3 saturated heterocycles. The Hall–Kier alpha value is 0.110. The third-order valence-electron chi connectivity index (χ3n) is 3.62. The van der Waals surface area contributed by atoms with Crippen molar-refractivity contribution in [3.05, 3.63) is 0 Å². The Labute approximate surface area is 127 Å². The fourth-order valence-electron chi connectivity index (χ4n) is 2.41. The molecule has 3 heterocycles. The average Bonchev–Trinajstić information content (AvgIpc) is 2.62. The van der Waals surface area contributed by atoms with Crippen molar-refractivity contribution in [1.29, 1.82) is 0 Å². The first-order chi connectivity index (χ1) is 10.0. The largest absolute Gasteiger partial charge is 0.333 e. The van der Waals surface area contributed by atoms with Gasteiger partial charge < -0.3 is 20.5 Å². The lowest BCUT2D eigenvalue weighted by Gasteiger charge is -2.08. The Bertz CT molecular complexity index is 109. The zero-order valence-electron chi connectivity index (χ0n) is 13.2. The van der Waals surface area contributed by atoms with E-state index in [4.69, 9.17) is 4.57 Å². The van der Waals surface area contributed by atoms with Gasteiger partial charge in [0.15, 0.2) is 0 Å². The van der Waals surface area contributed by atoms with E-state index >= 15 is 0 Å². The molecule has 4 nitrogen and oxygen atoms in total. The predicted molar refractivity (Wildman–Crippen MR) is 92.0 cm³/mol. The fraction of sp³-hybridized carbons (Fsp3) is 1.00. The van der Waals surface area contributed by atoms with E-state index in [0.717, 1.165) is 0 Å². The first-order valence-corrected chi connectivity index (χ1v) is 8.99. The second-order valence-corrected chi connectivity index (χ2v) is 5.43. The van der Waals surface area contributed by atoms with E-state index in [1.807, 2.05) is 0 Å². The van der Waals surface area contributed by atoms with Crippen molar-refractivity contribution in [2.24, 2.45) is 0 Å². The summed E-state index contributed by atoms with van der Waals surface area (Å²) in [4.78, 5) is 0. The highest BCUT2D eigenvalue weighted by Gasteiger charge is 1.94. The summed E-state index contributed by atoms with van der Waals surface area (Å²) in [6.07, 6.45) is 12.6. The predicted octanol–water partition coefficient (Wildman–Crippen LogP) is 2.22. The van der Waals surface area contributed by atoms with Crippen LogP contribution in [0.3, 0.4) is 0 Å². The molecule has 3 aliphatic rings. The van der Waals surface area contributed by atoms with Gasteiger partial charge in [0.25, 0.3) is 0 Å². The van der Waals surface area contributed by atoms with Crippen LogP contribution >= 0.6 is 9.12 Å². The van der Waals surface area contributed by atoms with Crippen molar-refractivity contribution in [3.63, 3.8) is 0 Å². The van der Waals surface area contributed by atoms with E-state index in [1.165, 1.54) is 97.1 Å². The van der Waals surface area contributed by atoms with Crippen LogP contribution in [0.1, 0.15) is 57.8 Å². The second-order valence-electron chi connectivity index (χ2n) is 5.43. The molecule has 0 saturated carbocycles. The molecule has 3 aliphatic heterocycles. The summed E-state index contributed by atoms with van der Waals surface area (Å²) < 4.78 is 8.28. The van der Waals surface area contributed by atoms with Gasteiger partial charge in [0.1, 0.15) is 0 Å². The molecule has 3 rings (SSSR count). The van der Waals surface area contributed by atoms with Gasteiger partial charge in [0, 0.05) is 0 Å². The zero-order valence-corrected chi connectivity index (χ0v) is 14.6. The van der Waals surface area contributed by atoms with Gasteiger partial charge in [-0.1, -0.05) is 19.3 Å². The number of piperidine rings is 3. The summed E-state index contributed by atoms with van der Waals surface area (Å²) in [7, 11) is 0.611. The Morgan fingerprint density at radius 1 is 0.400 bits per heavy atom. The van der Waals surface area contributed by atoms with E-state index in [1.54, 1.807) is 0 Å². The zero-order chi connectivity index (χ0) is 14.7. The highest BCUT2D eigenvalue weighted by Crippen LogP contribution is 1.97. The van der Waals surface area contributed by atoms with Gasteiger partial charge in [-0.2, -0.15) is 0 Å². The van der Waals surface area contributed by atoms with Gasteiger partial charge in [-0.05, 0) is 77.8 Å². The number of hydrogen-bond acceptors (Lipinski definition) is 4. The lowest BCUT2D eigenvalue weighted by atomic mass is 10.2. The summed E-state index contributed by atoms with van der Waals surface area (Å²) >= 11 is 0. The monoisotopic (exact) mass is 305 g/mol. The molecule has 1 atom stereocenters. The minimum absolute atomic E-state index is 0.611. The number of hydrogen-bond donors (Lipinski definition) is 3. The molecule has 0 aliphatic carbocycles. The van der Waals surface area contributed by atoms with E-state index < -0.39 is 0 Å². The normalized spacial score (nSPS) is 22.0. The summed E-state index contributed by atoms with van der Waals surface area (Å²) in [6, 6.07) is 0. The minimum Gasteiger partial charge on any atom is -0.333 e. The Kier molecular flexibility index (Phi) is 19.2. The lowest BCUT2D eigenvalue weighted by Crippen LogP contribution is -2.21. The average molecular weight is 305 g/mol. The molecule has 0 bridgehead atoms. The maximum atomic E-state index is 8.28. The third kappa shape index (κ3) is 16.2. The van der Waals surface area contributed by atoms with Crippen molar-refractivity contribution in [1.82, 2.24) is 16.0 Å². The topological polar surface area (TPSA) is 53.2 Å². The van der Waals surface area contributed by atoms with Crippen molar-refractivity contribution >= 4 is 9.12 Å². The summed E-state index contributed by atoms with van der Waals surface area (Å²) in [5, 5.41) is 9.85. The van der Waals surface area contributed by atoms with Crippen LogP contribution in [0.15, 0.2) is 0 Å². The van der Waals surface area contributed by atoms with Crippen molar-refractivity contribution < 1.29 is 4.57 Å². The Balaban J connectivity index is 0.000000255. The molecule has 122 valence electrons. The standard InChI is InChI=1S/3C5H11N.H3OP/c3*1-2-4-6-5-3-1;1-2/h3*6H,1-5H2;2H3. The lowest BCUT2D eigenvalue weighted by molar-refractivity contribution is 0.520. The summed E-state index contributed by atoms with van der Waals surface area (Å²) in [6.45, 7) is 7.50. The van der Waals surface area contributed by atoms with Crippen LogP contribution in [0, 0.1) is 0 Å². The molecule has 20 heavy (non-hydrogen) atoms. The van der Waals surface area contributed by atoms with Gasteiger partial charge in [-0.3, -0.25) is 0 Å². The molecule has 0 aromatic rings. The van der Waals surface area contributed by atoms with Crippen molar-refractivity contribution in [2.75, 3.05) is 39.3 Å². The van der Waals surface area contributed by atoms with Crippen molar-refractivity contribution in [3.8, 4) is 0 Å². The molecular formula is C15H36N3OP. The molecule has 3 fully saturated rings. The fourth-order valence-corrected chi connectivity index (χ4v) is 2.41. The molecule has 0 aromatic heterocycles. The SMILES string of the molecule is C1CCNCC1.C1CCNCC1.C1CCNCC1.O=[PH3]. The smallest absolute Gasteiger partial charge is 0.0527 e. The van der Waals surface area contributed by atoms with Crippen LogP contribution < -0.4 is 16.0 Å². The van der Waals surface area contributed by atoms with E-state index in [0.29, 0.717) is 9.12 Å². The first kappa shape index (κ1) is 20.1. The van der Waals surface area contributed by atoms with Gasteiger partial charge in [0.2, 0.25) is 0 Å². The molecule has 5 heteroatoms. The van der Waals surface area contributed by atoms with Gasteiger partial charge >= 0.3 is 0 Å². The highest BCUT2D eigenvalue weighted by molar-refractivity contribution is 7.00. The molecular weight excluding hydrogens is 269 g/mol. The first-order valence-electron chi connectivity index (χ1n) is 8.41. The van der Waals surface area contributed by atoms with E-state index in [2.05, 4.69) is 16.0 Å². The van der Waals surface area contributed by atoms with Crippen LogP contribution in [0.2, 0.25) is 0 Å². The van der Waals surface area contributed by atoms with E-state index in [9.17, 15) is 0 Å². The van der Waals surface area contributed by atoms with Crippen molar-refractivity contribution in [2.45, 2.75) is 57.8 Å². The highest BCUT2D eigenvalue weighted by atomic mass is 31.0. The Morgan fingerprint density at radius 3 is 0.650 bits per heavy atom. The molecule has 0 radical (unpaired) electrons. The molecule has 1 unspecified atom stereocenters. The molecule has 0 amide bonds. The molecule has 3 N–H and O–H groups in total. The van der Waals surface area contributed by atoms with Gasteiger partial charge in [-0.25, -0.2) is 0 Å². The quantitative estimate of drug-likeness (QED) is 0.601. The van der Waals surface area contributed by atoms with Crippen LogP contribution in [0.5, 0.6) is 0 Å². The van der Waals surface area contributed by atoms with Crippen LogP contribution in [0.25, 0.3) is 0 Å². The summed E-state index contributed by atoms with van der Waals surface area (Å²) in [5.74, 6) is 0. The maximum Gasteiger partial charge on any atom is 0.0527 e. The van der Waals surface area contributed by atoms with Gasteiger partial charge in [-0.15, -0.1) is 0 Å². The number of nitrogens with one attached hydrogen (secondary N) is 3. The molecule has 0 aromatic carbocycles. The second kappa shape index (κ2) is 19.1.